The lowest BCUT2D eigenvalue weighted by atomic mass is 10.1. The van der Waals surface area contributed by atoms with Crippen LogP contribution in [0, 0.1) is 6.92 Å². The molecule has 0 bridgehead atoms. The minimum absolute atomic E-state index is 0.0422. The number of nitrogens with one attached hydrogen (secondary N) is 3. The second-order valence-corrected chi connectivity index (χ2v) is 14.1. The van der Waals surface area contributed by atoms with E-state index in [1.54, 1.807) is 38.7 Å². The van der Waals surface area contributed by atoms with E-state index in [1.165, 1.54) is 11.0 Å². The third-order valence-corrected chi connectivity index (χ3v) is 9.45. The van der Waals surface area contributed by atoms with Gasteiger partial charge in [0.25, 0.3) is 11.8 Å². The quantitative estimate of drug-likeness (QED) is 0.0451. The summed E-state index contributed by atoms with van der Waals surface area (Å²) in [5.41, 5.74) is 1.10. The third-order valence-electron chi connectivity index (χ3n) is 9.45. The first kappa shape index (κ1) is 47.9. The number of carbonyl (C=O) groups is 8. The molecule has 6 amide bonds. The maximum Gasteiger partial charge on any atom is 0.317 e. The zero-order valence-electron chi connectivity index (χ0n) is 33.1. The molecule has 0 radical (unpaired) electrons. The number of carboxylic acids is 2. The summed E-state index contributed by atoms with van der Waals surface area (Å²) in [6, 6.07) is 4.63. The molecule has 2 aliphatic rings. The Morgan fingerprint density at radius 3 is 1.76 bits per heavy atom. The molecule has 326 valence electrons. The molecule has 0 aliphatic carbocycles. The molecule has 1 aromatic rings. The molecule has 0 spiro atoms. The van der Waals surface area contributed by atoms with Crippen LogP contribution in [0.2, 0.25) is 0 Å². The van der Waals surface area contributed by atoms with Crippen LogP contribution < -0.4 is 16.0 Å². The Kier molecular flexibility index (Phi) is 19.8. The predicted octanol–water partition coefficient (Wildman–Crippen LogP) is -4.95. The standard InChI is InChI=1S/C37H55N9O13/c1-26-18-27(2-3-28(26)47)19-34(53)45(22-31(50)40-20-29(48)38-7-9-46-32(51)4-5-33(46)52)8-6-39-30(49)21-41-10-12-42(23-35(54)55)14-16-44(25-37(58)59)17-15-43(13-11-41)24-36(56)57/h2-5,18,37,47,58-59H,6-17,19-25H2,1H3,(H,38,48)(H,39,49)(H,40,50)(H,54,55)(H,56,57). The summed E-state index contributed by atoms with van der Waals surface area (Å²) < 4.78 is 0. The number of aromatic hydroxyl groups is 1. The van der Waals surface area contributed by atoms with E-state index in [-0.39, 0.29) is 117 Å². The van der Waals surface area contributed by atoms with Gasteiger partial charge in [0.05, 0.1) is 39.1 Å². The van der Waals surface area contributed by atoms with E-state index in [2.05, 4.69) is 16.0 Å². The van der Waals surface area contributed by atoms with Crippen molar-refractivity contribution in [1.29, 1.82) is 0 Å². The number of β-amino-alcohol motifs (C(OH)–C–C–N with tert-alkyl or cyclic N) is 2. The van der Waals surface area contributed by atoms with Gasteiger partial charge in [-0.15, -0.1) is 0 Å². The van der Waals surface area contributed by atoms with Crippen LogP contribution in [0.15, 0.2) is 30.4 Å². The number of aliphatic hydroxyl groups excluding tert-OH is 1. The number of phenolic OH excluding ortho intramolecular Hbond substituents is 1. The number of nitrogens with zero attached hydrogens (tertiary/aromatic N) is 6. The Morgan fingerprint density at radius 1 is 0.712 bits per heavy atom. The Balaban J connectivity index is 1.61. The number of phenols is 1. The molecule has 22 heteroatoms. The van der Waals surface area contributed by atoms with Crippen molar-refractivity contribution in [3.63, 3.8) is 0 Å². The van der Waals surface area contributed by atoms with Crippen LogP contribution in [0.4, 0.5) is 0 Å². The van der Waals surface area contributed by atoms with Crippen LogP contribution in [-0.2, 0) is 44.8 Å². The number of aliphatic hydroxyl groups is 2. The summed E-state index contributed by atoms with van der Waals surface area (Å²) in [6.45, 7) is 1.60. The summed E-state index contributed by atoms with van der Waals surface area (Å²) in [6.07, 6.45) is 0.458. The summed E-state index contributed by atoms with van der Waals surface area (Å²) in [5.74, 6) is -5.31. The first-order valence-corrected chi connectivity index (χ1v) is 19.1. The fourth-order valence-electron chi connectivity index (χ4n) is 6.27. The SMILES string of the molecule is Cc1cc(CC(=O)N(CCNC(=O)CN2CCN(CC(=O)O)CCN(CC(O)O)CCN(CC(=O)O)CC2)CC(=O)NCC(=O)NCCN2C(=O)C=CC2=O)ccc1O. The predicted molar refractivity (Wildman–Crippen MR) is 207 cm³/mol. The Hall–Kier alpha value is -5.52. The second kappa shape index (κ2) is 24.4. The first-order chi connectivity index (χ1) is 28.0. The lowest BCUT2D eigenvalue weighted by Gasteiger charge is -2.33. The third kappa shape index (κ3) is 18.3. The van der Waals surface area contributed by atoms with E-state index in [4.69, 9.17) is 0 Å². The molecule has 1 saturated heterocycles. The van der Waals surface area contributed by atoms with Gasteiger partial charge in [-0.2, -0.15) is 0 Å². The molecule has 0 aromatic heterocycles. The number of aryl methyl sites for hydroxylation is 1. The lowest BCUT2D eigenvalue weighted by molar-refractivity contribution is -0.139. The van der Waals surface area contributed by atoms with Crippen LogP contribution in [0.5, 0.6) is 5.75 Å². The number of hydrogen-bond acceptors (Lipinski definition) is 15. The molecule has 2 heterocycles. The largest absolute Gasteiger partial charge is 0.508 e. The Morgan fingerprint density at radius 2 is 1.24 bits per heavy atom. The first-order valence-electron chi connectivity index (χ1n) is 19.1. The van der Waals surface area contributed by atoms with E-state index in [9.17, 15) is 63.9 Å². The monoisotopic (exact) mass is 833 g/mol. The number of carbonyl (C=O) groups excluding carboxylic acids is 6. The zero-order chi connectivity index (χ0) is 43.5. The molecule has 2 aliphatic heterocycles. The van der Waals surface area contributed by atoms with Gasteiger partial charge in [-0.1, -0.05) is 12.1 Å². The van der Waals surface area contributed by atoms with Gasteiger partial charge in [0, 0.05) is 97.2 Å². The number of amides is 6. The highest BCUT2D eigenvalue weighted by atomic mass is 16.5. The normalized spacial score (nSPS) is 16.4. The maximum atomic E-state index is 13.5. The summed E-state index contributed by atoms with van der Waals surface area (Å²) in [7, 11) is 0. The fraction of sp³-hybridized carbons (Fsp3) is 0.568. The van der Waals surface area contributed by atoms with Gasteiger partial charge < -0.3 is 46.4 Å². The molecule has 3 rings (SSSR count). The minimum atomic E-state index is -1.64. The number of imide groups is 1. The van der Waals surface area contributed by atoms with E-state index in [1.807, 2.05) is 0 Å². The van der Waals surface area contributed by atoms with Crippen LogP contribution in [-0.4, -0.2) is 226 Å². The van der Waals surface area contributed by atoms with Crippen LogP contribution in [0.1, 0.15) is 11.1 Å². The molecule has 22 nitrogen and oxygen atoms in total. The summed E-state index contributed by atoms with van der Waals surface area (Å²) >= 11 is 0. The van der Waals surface area contributed by atoms with E-state index in [0.29, 0.717) is 11.1 Å². The van der Waals surface area contributed by atoms with Crippen molar-refractivity contribution >= 4 is 47.4 Å². The van der Waals surface area contributed by atoms with Gasteiger partial charge in [-0.3, -0.25) is 62.9 Å². The van der Waals surface area contributed by atoms with Crippen LogP contribution in [0.25, 0.3) is 0 Å². The number of carboxylic acid groups (broad SMARTS) is 2. The number of benzene rings is 1. The van der Waals surface area contributed by atoms with E-state index in [0.717, 1.165) is 17.1 Å². The molecule has 0 saturated carbocycles. The number of hydrogen-bond donors (Lipinski definition) is 8. The van der Waals surface area contributed by atoms with E-state index >= 15 is 0 Å². The van der Waals surface area contributed by atoms with Gasteiger partial charge in [0.1, 0.15) is 5.75 Å². The molecule has 1 fully saturated rings. The van der Waals surface area contributed by atoms with Crippen molar-refractivity contribution < 1.29 is 63.9 Å². The number of aliphatic carboxylic acids is 2. The molecular weight excluding hydrogens is 778 g/mol. The van der Waals surface area contributed by atoms with Gasteiger partial charge >= 0.3 is 11.9 Å². The van der Waals surface area contributed by atoms with E-state index < -0.39 is 66.8 Å². The van der Waals surface area contributed by atoms with Gasteiger partial charge in [-0.05, 0) is 24.1 Å². The highest BCUT2D eigenvalue weighted by Gasteiger charge is 2.24. The topological polar surface area (TPSA) is 293 Å². The highest BCUT2D eigenvalue weighted by molar-refractivity contribution is 6.12. The maximum absolute atomic E-state index is 13.5. The lowest BCUT2D eigenvalue weighted by Crippen LogP contribution is -2.50. The van der Waals surface area contributed by atoms with Gasteiger partial charge in [0.15, 0.2) is 6.29 Å². The molecular formula is C37H55N9O13. The van der Waals surface area contributed by atoms with Crippen molar-refractivity contribution in [2.75, 3.05) is 118 Å². The molecule has 59 heavy (non-hydrogen) atoms. The summed E-state index contributed by atoms with van der Waals surface area (Å²) in [5, 5.41) is 55.7. The van der Waals surface area contributed by atoms with Crippen molar-refractivity contribution in [2.24, 2.45) is 0 Å². The molecule has 8 N–H and O–H groups in total. The minimum Gasteiger partial charge on any atom is -0.508 e. The van der Waals surface area contributed by atoms with Crippen LogP contribution in [0.3, 0.4) is 0 Å². The van der Waals surface area contributed by atoms with Crippen molar-refractivity contribution in [2.45, 2.75) is 19.6 Å². The smallest absolute Gasteiger partial charge is 0.317 e. The Labute approximate surface area is 341 Å². The highest BCUT2D eigenvalue weighted by Crippen LogP contribution is 2.17. The van der Waals surface area contributed by atoms with Gasteiger partial charge in [-0.25, -0.2) is 0 Å². The van der Waals surface area contributed by atoms with Crippen LogP contribution >= 0.6 is 0 Å². The average Bonchev–Trinajstić information content (AvgIpc) is 3.47. The van der Waals surface area contributed by atoms with Crippen molar-refractivity contribution in [3.8, 4) is 5.75 Å². The average molecular weight is 834 g/mol. The Bertz CT molecular complexity index is 1640. The molecule has 0 atom stereocenters. The molecule has 1 aromatic carbocycles. The van der Waals surface area contributed by atoms with Crippen molar-refractivity contribution in [1.82, 2.24) is 45.3 Å². The van der Waals surface area contributed by atoms with Crippen molar-refractivity contribution in [3.05, 3.63) is 41.5 Å². The summed E-state index contributed by atoms with van der Waals surface area (Å²) in [4.78, 5) is 108. The second-order valence-electron chi connectivity index (χ2n) is 14.1. The zero-order valence-corrected chi connectivity index (χ0v) is 33.1. The van der Waals surface area contributed by atoms with Gasteiger partial charge in [0.2, 0.25) is 23.6 Å². The molecule has 0 unspecified atom stereocenters. The fourth-order valence-corrected chi connectivity index (χ4v) is 6.27. The number of rotatable bonds is 20.